The molecule has 1 saturated heterocycles. The Labute approximate surface area is 127 Å². The Morgan fingerprint density at radius 3 is 2.94 bits per heavy atom. The largest absolute Gasteiger partial charge is 0.377 e. The molecule has 100 valence electrons. The van der Waals surface area contributed by atoms with E-state index in [0.717, 1.165) is 32.6 Å². The molecule has 3 N–H and O–H groups in total. The van der Waals surface area contributed by atoms with E-state index in [-0.39, 0.29) is 12.0 Å². The Kier molecular flexibility index (Phi) is 5.20. The van der Waals surface area contributed by atoms with Crippen LogP contribution in [0.4, 0.5) is 0 Å². The topological polar surface area (TPSA) is 64.4 Å². The average molecular weight is 398 g/mol. The minimum Gasteiger partial charge on any atom is -0.377 e. The van der Waals surface area contributed by atoms with E-state index < -0.39 is 6.04 Å². The molecule has 1 aromatic heterocycles. The van der Waals surface area contributed by atoms with Gasteiger partial charge < -0.3 is 10.5 Å². The first-order valence-electron chi connectivity index (χ1n) is 5.67. The number of ether oxygens (including phenoxy) is 1. The highest BCUT2D eigenvalue weighted by Gasteiger charge is 2.23. The molecule has 2 heterocycles. The van der Waals surface area contributed by atoms with Crippen LogP contribution >= 0.6 is 43.2 Å². The third kappa shape index (κ3) is 3.54. The van der Waals surface area contributed by atoms with E-state index in [1.165, 1.54) is 11.3 Å². The highest BCUT2D eigenvalue weighted by Crippen LogP contribution is 2.35. The number of hydrogen-bond acceptors (Lipinski definition) is 4. The minimum atomic E-state index is -0.457. The molecule has 0 radical (unpaired) electrons. The molecule has 1 aromatic rings. The molecule has 18 heavy (non-hydrogen) atoms. The van der Waals surface area contributed by atoms with Crippen LogP contribution < -0.4 is 11.1 Å². The molecule has 2 atom stereocenters. The summed E-state index contributed by atoms with van der Waals surface area (Å²) in [5.74, 6) is -0.366. The second kappa shape index (κ2) is 6.47. The van der Waals surface area contributed by atoms with Crippen LogP contribution in [0.25, 0.3) is 0 Å². The fourth-order valence-corrected chi connectivity index (χ4v) is 4.08. The Morgan fingerprint density at radius 2 is 2.44 bits per heavy atom. The summed E-state index contributed by atoms with van der Waals surface area (Å²) in [4.78, 5) is 12.4. The summed E-state index contributed by atoms with van der Waals surface area (Å²) in [6.07, 6.45) is 2.32. The van der Waals surface area contributed by atoms with Gasteiger partial charge in [-0.1, -0.05) is 0 Å². The number of rotatable bonds is 5. The van der Waals surface area contributed by atoms with Crippen LogP contribution in [0, 0.1) is 0 Å². The van der Waals surface area contributed by atoms with Crippen molar-refractivity contribution in [3.05, 3.63) is 19.2 Å². The van der Waals surface area contributed by atoms with Crippen molar-refractivity contribution in [3.63, 3.8) is 0 Å². The van der Waals surface area contributed by atoms with Crippen LogP contribution in [0.5, 0.6) is 0 Å². The fraction of sp³-hybridized carbons (Fsp3) is 0.545. The maximum atomic E-state index is 11.5. The molecular weight excluding hydrogens is 384 g/mol. The van der Waals surface area contributed by atoms with Crippen LogP contribution in [0.3, 0.4) is 0 Å². The third-order valence-electron chi connectivity index (χ3n) is 2.81. The van der Waals surface area contributed by atoms with Crippen molar-refractivity contribution in [2.24, 2.45) is 5.73 Å². The number of nitrogens with two attached hydrogens (primary N) is 1. The molecular formula is C11H14Br2N2O2S. The number of hydrogen-bond donors (Lipinski definition) is 2. The molecule has 1 aliphatic heterocycles. The van der Waals surface area contributed by atoms with Crippen LogP contribution in [-0.2, 0) is 9.53 Å². The zero-order valence-electron chi connectivity index (χ0n) is 9.62. The molecule has 1 amide bonds. The van der Waals surface area contributed by atoms with Crippen molar-refractivity contribution < 1.29 is 9.53 Å². The predicted molar refractivity (Wildman–Crippen MR) is 78.6 cm³/mol. The summed E-state index contributed by atoms with van der Waals surface area (Å²) < 4.78 is 7.42. The predicted octanol–water partition coefficient (Wildman–Crippen LogP) is 2.57. The van der Waals surface area contributed by atoms with E-state index in [1.54, 1.807) is 0 Å². The van der Waals surface area contributed by atoms with Crippen molar-refractivity contribution in [3.8, 4) is 0 Å². The van der Waals surface area contributed by atoms with E-state index >= 15 is 0 Å². The van der Waals surface area contributed by atoms with Gasteiger partial charge in [-0.3, -0.25) is 10.1 Å². The number of primary amides is 1. The molecule has 0 bridgehead atoms. The summed E-state index contributed by atoms with van der Waals surface area (Å²) in [7, 11) is 0. The van der Waals surface area contributed by atoms with Gasteiger partial charge in [0, 0.05) is 22.5 Å². The quantitative estimate of drug-likeness (QED) is 0.802. The Morgan fingerprint density at radius 1 is 1.67 bits per heavy atom. The average Bonchev–Trinajstić information content (AvgIpc) is 2.90. The van der Waals surface area contributed by atoms with Crippen LogP contribution in [-0.4, -0.2) is 25.2 Å². The number of carbonyl (C=O) groups excluding carboxylic acids is 1. The summed E-state index contributed by atoms with van der Waals surface area (Å²) in [6, 6.07) is 1.45. The van der Waals surface area contributed by atoms with Gasteiger partial charge in [-0.2, -0.15) is 0 Å². The van der Waals surface area contributed by atoms with Crippen molar-refractivity contribution >= 4 is 49.1 Å². The van der Waals surface area contributed by atoms with Crippen molar-refractivity contribution in [1.29, 1.82) is 0 Å². The van der Waals surface area contributed by atoms with Gasteiger partial charge >= 0.3 is 0 Å². The summed E-state index contributed by atoms with van der Waals surface area (Å²) >= 11 is 8.33. The number of amides is 1. The molecule has 0 aliphatic carbocycles. The maximum absolute atomic E-state index is 11.5. The Hall–Kier alpha value is 0.0500. The second-order valence-corrected chi connectivity index (χ2v) is 7.41. The number of halogens is 2. The lowest BCUT2D eigenvalue weighted by Gasteiger charge is -2.16. The third-order valence-corrected chi connectivity index (χ3v) is 6.13. The second-order valence-electron chi connectivity index (χ2n) is 4.15. The lowest BCUT2D eigenvalue weighted by molar-refractivity contribution is -0.120. The minimum absolute atomic E-state index is 0.193. The van der Waals surface area contributed by atoms with E-state index in [9.17, 15) is 4.79 Å². The zero-order valence-corrected chi connectivity index (χ0v) is 13.6. The highest BCUT2D eigenvalue weighted by molar-refractivity contribution is 9.13. The molecule has 2 unspecified atom stereocenters. The molecule has 7 heteroatoms. The lowest BCUT2D eigenvalue weighted by Crippen LogP contribution is -2.37. The standard InChI is InChI=1S/C11H14Br2N2O2S/c12-7-4-8(18-10(7)13)9(11(14)16)15-5-6-2-1-3-17-6/h4,6,9,15H,1-3,5H2,(H2,14,16). The first kappa shape index (κ1) is 14.5. The summed E-state index contributed by atoms with van der Waals surface area (Å²) in [5.41, 5.74) is 5.45. The molecule has 2 rings (SSSR count). The Bertz CT molecular complexity index is 413. The van der Waals surface area contributed by atoms with E-state index in [1.807, 2.05) is 6.07 Å². The van der Waals surface area contributed by atoms with Gasteiger partial charge in [0.05, 0.1) is 9.89 Å². The monoisotopic (exact) mass is 396 g/mol. The lowest BCUT2D eigenvalue weighted by atomic mass is 10.2. The molecule has 1 aliphatic rings. The molecule has 0 saturated carbocycles. The first-order chi connectivity index (χ1) is 8.58. The molecule has 4 nitrogen and oxygen atoms in total. The van der Waals surface area contributed by atoms with Crippen LogP contribution in [0.2, 0.25) is 0 Å². The smallest absolute Gasteiger partial charge is 0.239 e. The SMILES string of the molecule is NC(=O)C(NCC1CCCO1)c1cc(Br)c(Br)s1. The molecule has 0 spiro atoms. The van der Waals surface area contributed by atoms with Gasteiger partial charge in [-0.25, -0.2) is 0 Å². The van der Waals surface area contributed by atoms with E-state index in [4.69, 9.17) is 10.5 Å². The van der Waals surface area contributed by atoms with E-state index in [0.29, 0.717) is 6.54 Å². The van der Waals surface area contributed by atoms with Crippen LogP contribution in [0.1, 0.15) is 23.8 Å². The zero-order chi connectivity index (χ0) is 13.1. The van der Waals surface area contributed by atoms with Gasteiger partial charge in [0.25, 0.3) is 0 Å². The summed E-state index contributed by atoms with van der Waals surface area (Å²) in [6.45, 7) is 1.46. The van der Waals surface area contributed by atoms with Gasteiger partial charge in [-0.05, 0) is 50.8 Å². The maximum Gasteiger partial charge on any atom is 0.239 e. The van der Waals surface area contributed by atoms with E-state index in [2.05, 4.69) is 37.2 Å². The van der Waals surface area contributed by atoms with Gasteiger partial charge in [0.15, 0.2) is 0 Å². The first-order valence-corrected chi connectivity index (χ1v) is 8.07. The van der Waals surface area contributed by atoms with Gasteiger partial charge in [0.1, 0.15) is 6.04 Å². The van der Waals surface area contributed by atoms with Crippen molar-refractivity contribution in [2.75, 3.05) is 13.2 Å². The molecule has 1 fully saturated rings. The van der Waals surface area contributed by atoms with Gasteiger partial charge in [0.2, 0.25) is 5.91 Å². The highest BCUT2D eigenvalue weighted by atomic mass is 79.9. The normalized spacial score (nSPS) is 21.1. The fourth-order valence-electron chi connectivity index (χ4n) is 1.90. The summed E-state index contributed by atoms with van der Waals surface area (Å²) in [5, 5.41) is 3.19. The van der Waals surface area contributed by atoms with Crippen LogP contribution in [0.15, 0.2) is 14.3 Å². The van der Waals surface area contributed by atoms with Gasteiger partial charge in [-0.15, -0.1) is 11.3 Å². The van der Waals surface area contributed by atoms with Crippen molar-refractivity contribution in [1.82, 2.24) is 5.32 Å². The number of nitrogens with one attached hydrogen (secondary N) is 1. The molecule has 0 aromatic carbocycles. The Balaban J connectivity index is 2.01. The number of carbonyl (C=O) groups is 1. The number of thiophene rings is 1. The van der Waals surface area contributed by atoms with Crippen molar-refractivity contribution in [2.45, 2.75) is 25.0 Å².